The summed E-state index contributed by atoms with van der Waals surface area (Å²) >= 11 is 0. The van der Waals surface area contributed by atoms with Crippen LogP contribution < -0.4 is 0 Å². The molecular formula is C23H23NO3. The fourth-order valence-corrected chi connectivity index (χ4v) is 3.37. The van der Waals surface area contributed by atoms with Crippen molar-refractivity contribution in [3.05, 3.63) is 89.5 Å². The number of benzene rings is 2. The van der Waals surface area contributed by atoms with Crippen molar-refractivity contribution in [2.75, 3.05) is 6.54 Å². The van der Waals surface area contributed by atoms with Crippen LogP contribution in [0.15, 0.2) is 72.8 Å². The van der Waals surface area contributed by atoms with Gasteiger partial charge in [0.15, 0.2) is 0 Å². The van der Waals surface area contributed by atoms with Crippen molar-refractivity contribution in [2.24, 2.45) is 0 Å². The van der Waals surface area contributed by atoms with Crippen LogP contribution in [-0.2, 0) is 9.59 Å². The third-order valence-electron chi connectivity index (χ3n) is 4.83. The predicted molar refractivity (Wildman–Crippen MR) is 106 cm³/mol. The number of carbonyl (C=O) groups excluding carboxylic acids is 2. The van der Waals surface area contributed by atoms with Gasteiger partial charge in [0.2, 0.25) is 0 Å². The van der Waals surface area contributed by atoms with Crippen molar-refractivity contribution in [3.63, 3.8) is 0 Å². The van der Waals surface area contributed by atoms with Gasteiger partial charge in [0.1, 0.15) is 5.76 Å². The fraction of sp³-hybridized carbons (Fsp3) is 0.217. The molecule has 138 valence electrons. The number of rotatable bonds is 5. The molecule has 2 aromatic rings. The zero-order valence-electron chi connectivity index (χ0n) is 15.6. The van der Waals surface area contributed by atoms with Gasteiger partial charge in [-0.2, -0.15) is 0 Å². The van der Waals surface area contributed by atoms with E-state index < -0.39 is 17.7 Å². The molecule has 2 aromatic carbocycles. The molecule has 1 aliphatic rings. The lowest BCUT2D eigenvalue weighted by Crippen LogP contribution is -2.29. The molecule has 0 unspecified atom stereocenters. The first-order valence-electron chi connectivity index (χ1n) is 9.00. The molecule has 0 bridgehead atoms. The first kappa shape index (κ1) is 18.6. The Morgan fingerprint density at radius 2 is 1.74 bits per heavy atom. The number of hydrogen-bond acceptors (Lipinski definition) is 3. The highest BCUT2D eigenvalue weighted by Crippen LogP contribution is 2.39. The van der Waals surface area contributed by atoms with E-state index in [4.69, 9.17) is 0 Å². The van der Waals surface area contributed by atoms with Crippen LogP contribution in [-0.4, -0.2) is 28.2 Å². The summed E-state index contributed by atoms with van der Waals surface area (Å²) in [5, 5.41) is 10.8. The van der Waals surface area contributed by atoms with Gasteiger partial charge in [0.25, 0.3) is 11.7 Å². The second-order valence-corrected chi connectivity index (χ2v) is 6.93. The van der Waals surface area contributed by atoms with Crippen molar-refractivity contribution in [3.8, 4) is 0 Å². The average Bonchev–Trinajstić information content (AvgIpc) is 2.93. The van der Waals surface area contributed by atoms with Crippen LogP contribution in [0.4, 0.5) is 0 Å². The Labute approximate surface area is 159 Å². The van der Waals surface area contributed by atoms with Gasteiger partial charge in [-0.1, -0.05) is 74.5 Å². The first-order valence-corrected chi connectivity index (χ1v) is 9.00. The van der Waals surface area contributed by atoms with Crippen molar-refractivity contribution in [1.82, 2.24) is 4.90 Å². The number of aliphatic hydroxyl groups is 1. The van der Waals surface area contributed by atoms with Gasteiger partial charge in [0.05, 0.1) is 11.6 Å². The lowest BCUT2D eigenvalue weighted by molar-refractivity contribution is -0.139. The summed E-state index contributed by atoms with van der Waals surface area (Å²) < 4.78 is 0. The maximum atomic E-state index is 12.7. The minimum atomic E-state index is -0.670. The van der Waals surface area contributed by atoms with Gasteiger partial charge in [-0.05, 0) is 17.0 Å². The quantitative estimate of drug-likeness (QED) is 0.371. The van der Waals surface area contributed by atoms with E-state index in [-0.39, 0.29) is 17.9 Å². The number of likely N-dealkylation sites (tertiary alicyclic amines) is 1. The molecule has 0 aliphatic carbocycles. The van der Waals surface area contributed by atoms with E-state index in [9.17, 15) is 14.7 Å². The van der Waals surface area contributed by atoms with Crippen molar-refractivity contribution >= 4 is 17.4 Å². The number of amides is 1. The van der Waals surface area contributed by atoms with E-state index in [2.05, 4.69) is 20.4 Å². The molecule has 27 heavy (non-hydrogen) atoms. The monoisotopic (exact) mass is 361 g/mol. The van der Waals surface area contributed by atoms with Gasteiger partial charge in [-0.25, -0.2) is 0 Å². The molecule has 0 radical (unpaired) electrons. The number of carbonyl (C=O) groups is 2. The smallest absolute Gasteiger partial charge is 0.295 e. The molecule has 4 nitrogen and oxygen atoms in total. The molecule has 3 rings (SSSR count). The Bertz CT molecular complexity index is 895. The molecule has 1 N–H and O–H groups in total. The molecule has 1 aliphatic heterocycles. The van der Waals surface area contributed by atoms with Gasteiger partial charge in [0, 0.05) is 12.1 Å². The highest BCUT2D eigenvalue weighted by Gasteiger charge is 2.45. The standard InChI is InChI=1S/C23H23NO3/c1-4-14-24-20(17-12-10-16(11-13-17)15(2)3)19(22(26)23(24)27)21(25)18-8-6-5-7-9-18/h4-13,15,20,25H,1,14H2,2-3H3/b21-19+/t20-/m0/s1. The fourth-order valence-electron chi connectivity index (χ4n) is 3.37. The van der Waals surface area contributed by atoms with E-state index >= 15 is 0 Å². The topological polar surface area (TPSA) is 57.6 Å². The summed E-state index contributed by atoms with van der Waals surface area (Å²) in [6.07, 6.45) is 1.59. The Morgan fingerprint density at radius 3 is 2.30 bits per heavy atom. The third kappa shape index (κ3) is 3.43. The van der Waals surface area contributed by atoms with E-state index in [0.29, 0.717) is 11.5 Å². The summed E-state index contributed by atoms with van der Waals surface area (Å²) in [6, 6.07) is 16.0. The van der Waals surface area contributed by atoms with Gasteiger partial charge in [-0.15, -0.1) is 6.58 Å². The second kappa shape index (κ2) is 7.62. The van der Waals surface area contributed by atoms with E-state index in [1.165, 1.54) is 10.5 Å². The molecule has 0 aromatic heterocycles. The van der Waals surface area contributed by atoms with E-state index in [0.717, 1.165) is 5.56 Å². The Hall–Kier alpha value is -3.14. The Balaban J connectivity index is 2.16. The molecule has 1 heterocycles. The molecule has 0 spiro atoms. The first-order chi connectivity index (χ1) is 13.0. The zero-order valence-corrected chi connectivity index (χ0v) is 15.6. The Kier molecular flexibility index (Phi) is 5.26. The minimum absolute atomic E-state index is 0.116. The second-order valence-electron chi connectivity index (χ2n) is 6.93. The summed E-state index contributed by atoms with van der Waals surface area (Å²) in [6.45, 7) is 8.13. The van der Waals surface area contributed by atoms with Crippen LogP contribution in [0.2, 0.25) is 0 Å². The normalized spacial score (nSPS) is 18.9. The summed E-state index contributed by atoms with van der Waals surface area (Å²) in [5.41, 5.74) is 2.59. The van der Waals surface area contributed by atoms with Crippen LogP contribution in [0.3, 0.4) is 0 Å². The molecule has 1 saturated heterocycles. The van der Waals surface area contributed by atoms with Crippen LogP contribution >= 0.6 is 0 Å². The largest absolute Gasteiger partial charge is 0.507 e. The lowest BCUT2D eigenvalue weighted by atomic mass is 9.93. The number of Topliss-reactive ketones (excluding diaryl/α,β-unsaturated/α-hetero) is 1. The maximum Gasteiger partial charge on any atom is 0.295 e. The molecular weight excluding hydrogens is 338 g/mol. The predicted octanol–water partition coefficient (Wildman–Crippen LogP) is 4.42. The molecule has 1 amide bonds. The highest BCUT2D eigenvalue weighted by molar-refractivity contribution is 6.46. The number of ketones is 1. The molecule has 1 atom stereocenters. The lowest BCUT2D eigenvalue weighted by Gasteiger charge is -2.24. The Morgan fingerprint density at radius 1 is 1.11 bits per heavy atom. The number of aliphatic hydroxyl groups excluding tert-OH is 1. The minimum Gasteiger partial charge on any atom is -0.507 e. The van der Waals surface area contributed by atoms with Gasteiger partial charge < -0.3 is 10.0 Å². The number of nitrogens with zero attached hydrogens (tertiary/aromatic N) is 1. The summed E-state index contributed by atoms with van der Waals surface area (Å²) in [7, 11) is 0. The van der Waals surface area contributed by atoms with Gasteiger partial charge >= 0.3 is 0 Å². The highest BCUT2D eigenvalue weighted by atomic mass is 16.3. The van der Waals surface area contributed by atoms with Crippen LogP contribution in [0, 0.1) is 0 Å². The van der Waals surface area contributed by atoms with Crippen molar-refractivity contribution in [2.45, 2.75) is 25.8 Å². The molecule has 4 heteroatoms. The summed E-state index contributed by atoms with van der Waals surface area (Å²) in [5.74, 6) is -1.07. The van der Waals surface area contributed by atoms with Gasteiger partial charge in [-0.3, -0.25) is 9.59 Å². The van der Waals surface area contributed by atoms with Crippen molar-refractivity contribution in [1.29, 1.82) is 0 Å². The van der Waals surface area contributed by atoms with E-state index in [1.807, 2.05) is 30.3 Å². The zero-order chi connectivity index (χ0) is 19.6. The summed E-state index contributed by atoms with van der Waals surface area (Å²) in [4.78, 5) is 26.8. The van der Waals surface area contributed by atoms with Crippen LogP contribution in [0.25, 0.3) is 5.76 Å². The average molecular weight is 361 g/mol. The number of hydrogen-bond donors (Lipinski definition) is 1. The SMILES string of the molecule is C=CCN1C(=O)C(=O)/C(=C(/O)c2ccccc2)[C@@H]1c1ccc(C(C)C)cc1. The van der Waals surface area contributed by atoms with Crippen LogP contribution in [0.5, 0.6) is 0 Å². The van der Waals surface area contributed by atoms with Crippen molar-refractivity contribution < 1.29 is 14.7 Å². The maximum absolute atomic E-state index is 12.7. The third-order valence-corrected chi connectivity index (χ3v) is 4.83. The van der Waals surface area contributed by atoms with E-state index in [1.54, 1.807) is 30.3 Å². The molecule has 0 saturated carbocycles. The van der Waals surface area contributed by atoms with Crippen LogP contribution in [0.1, 0.15) is 42.5 Å². The molecule has 1 fully saturated rings.